The molecule has 4 heteroatoms. The van der Waals surface area contributed by atoms with Gasteiger partial charge in [-0.2, -0.15) is 0 Å². The third kappa shape index (κ3) is 1.76. The summed E-state index contributed by atoms with van der Waals surface area (Å²) in [6.45, 7) is 0. The van der Waals surface area contributed by atoms with Crippen molar-refractivity contribution < 1.29 is 14.6 Å². The van der Waals surface area contributed by atoms with Gasteiger partial charge in [0.05, 0.1) is 13.2 Å². The van der Waals surface area contributed by atoms with Crippen LogP contribution in [0.2, 0.25) is 0 Å². The standard InChI is InChI=1S/C12H15NO3/c1-13-10(7-11(14)12(13)15)8-3-5-9(16-2)6-4-8/h3-6,10-11,14H,7H2,1-2H3. The Balaban J connectivity index is 2.21. The van der Waals surface area contributed by atoms with E-state index >= 15 is 0 Å². The lowest BCUT2D eigenvalue weighted by atomic mass is 10.0. The molecule has 1 N–H and O–H groups in total. The minimum atomic E-state index is -0.864. The van der Waals surface area contributed by atoms with Crippen LogP contribution in [-0.4, -0.2) is 36.2 Å². The van der Waals surface area contributed by atoms with E-state index in [4.69, 9.17) is 4.74 Å². The number of hydrogen-bond donors (Lipinski definition) is 1. The second kappa shape index (κ2) is 4.14. The van der Waals surface area contributed by atoms with Gasteiger partial charge in [-0.3, -0.25) is 4.79 Å². The lowest BCUT2D eigenvalue weighted by Crippen LogP contribution is -2.26. The van der Waals surface area contributed by atoms with E-state index in [2.05, 4.69) is 0 Å². The summed E-state index contributed by atoms with van der Waals surface area (Å²) in [4.78, 5) is 13.1. The molecule has 0 saturated carbocycles. The monoisotopic (exact) mass is 221 g/mol. The first-order chi connectivity index (χ1) is 7.63. The smallest absolute Gasteiger partial charge is 0.251 e. The van der Waals surface area contributed by atoms with Crippen molar-refractivity contribution in [3.8, 4) is 5.75 Å². The van der Waals surface area contributed by atoms with Gasteiger partial charge in [0.2, 0.25) is 0 Å². The van der Waals surface area contributed by atoms with Crippen LogP contribution in [0, 0.1) is 0 Å². The second-order valence-corrected chi connectivity index (χ2v) is 3.99. The van der Waals surface area contributed by atoms with E-state index in [-0.39, 0.29) is 11.9 Å². The summed E-state index contributed by atoms with van der Waals surface area (Å²) in [5.74, 6) is 0.581. The fourth-order valence-electron chi connectivity index (χ4n) is 2.04. The van der Waals surface area contributed by atoms with E-state index in [0.29, 0.717) is 6.42 Å². The molecule has 0 aromatic heterocycles. The van der Waals surface area contributed by atoms with Crippen molar-refractivity contribution in [2.45, 2.75) is 18.6 Å². The summed E-state index contributed by atoms with van der Waals surface area (Å²) in [6, 6.07) is 7.53. The van der Waals surface area contributed by atoms with Gasteiger partial charge < -0.3 is 14.7 Å². The number of nitrogens with zero attached hydrogens (tertiary/aromatic N) is 1. The van der Waals surface area contributed by atoms with Gasteiger partial charge in [-0.1, -0.05) is 12.1 Å². The molecule has 16 heavy (non-hydrogen) atoms. The van der Waals surface area contributed by atoms with Gasteiger partial charge >= 0.3 is 0 Å². The van der Waals surface area contributed by atoms with Gasteiger partial charge in [0, 0.05) is 13.5 Å². The van der Waals surface area contributed by atoms with Crippen LogP contribution in [0.3, 0.4) is 0 Å². The molecule has 1 heterocycles. The van der Waals surface area contributed by atoms with Crippen LogP contribution in [0.5, 0.6) is 5.75 Å². The molecule has 1 aliphatic rings. The molecule has 0 bridgehead atoms. The van der Waals surface area contributed by atoms with Gasteiger partial charge in [-0.25, -0.2) is 0 Å². The van der Waals surface area contributed by atoms with Crippen LogP contribution in [0.15, 0.2) is 24.3 Å². The number of hydrogen-bond acceptors (Lipinski definition) is 3. The minimum absolute atomic E-state index is 0.0339. The number of aliphatic hydroxyl groups is 1. The molecule has 2 atom stereocenters. The molecule has 1 aromatic carbocycles. The van der Waals surface area contributed by atoms with Crippen molar-refractivity contribution in [3.63, 3.8) is 0 Å². The number of carbonyl (C=O) groups is 1. The number of aliphatic hydroxyl groups excluding tert-OH is 1. The van der Waals surface area contributed by atoms with E-state index in [9.17, 15) is 9.90 Å². The first-order valence-electron chi connectivity index (χ1n) is 5.22. The highest BCUT2D eigenvalue weighted by Crippen LogP contribution is 2.32. The lowest BCUT2D eigenvalue weighted by Gasteiger charge is -2.19. The first kappa shape index (κ1) is 11.0. The fourth-order valence-corrected chi connectivity index (χ4v) is 2.04. The molecule has 1 saturated heterocycles. The summed E-state index contributed by atoms with van der Waals surface area (Å²) in [5, 5.41) is 9.48. The normalized spacial score (nSPS) is 24.9. The van der Waals surface area contributed by atoms with Gasteiger partial charge in [0.15, 0.2) is 0 Å². The zero-order valence-electron chi connectivity index (χ0n) is 9.38. The average molecular weight is 221 g/mol. The van der Waals surface area contributed by atoms with E-state index in [1.807, 2.05) is 24.3 Å². The van der Waals surface area contributed by atoms with Crippen molar-refractivity contribution in [2.75, 3.05) is 14.2 Å². The number of likely N-dealkylation sites (tertiary alicyclic amines) is 1. The molecule has 4 nitrogen and oxygen atoms in total. The lowest BCUT2D eigenvalue weighted by molar-refractivity contribution is -0.134. The minimum Gasteiger partial charge on any atom is -0.497 e. The van der Waals surface area contributed by atoms with Crippen molar-refractivity contribution in [1.82, 2.24) is 4.90 Å². The maximum Gasteiger partial charge on any atom is 0.251 e. The highest BCUT2D eigenvalue weighted by molar-refractivity contribution is 5.83. The van der Waals surface area contributed by atoms with Crippen LogP contribution < -0.4 is 4.74 Å². The quantitative estimate of drug-likeness (QED) is 0.809. The maximum absolute atomic E-state index is 11.5. The van der Waals surface area contributed by atoms with Gasteiger partial charge in [0.25, 0.3) is 5.91 Å². The zero-order valence-corrected chi connectivity index (χ0v) is 9.38. The predicted octanol–water partition coefficient (Wildman–Crippen LogP) is 0.959. The number of carbonyl (C=O) groups excluding carboxylic acids is 1. The predicted molar refractivity (Wildman–Crippen MR) is 59.1 cm³/mol. The Morgan fingerprint density at radius 1 is 1.38 bits per heavy atom. The van der Waals surface area contributed by atoms with Crippen molar-refractivity contribution in [1.29, 1.82) is 0 Å². The molecular weight excluding hydrogens is 206 g/mol. The molecule has 2 unspecified atom stereocenters. The molecule has 2 rings (SSSR count). The van der Waals surface area contributed by atoms with E-state index in [0.717, 1.165) is 11.3 Å². The molecule has 0 spiro atoms. The van der Waals surface area contributed by atoms with Crippen molar-refractivity contribution >= 4 is 5.91 Å². The fraction of sp³-hybridized carbons (Fsp3) is 0.417. The molecule has 0 radical (unpaired) electrons. The highest BCUT2D eigenvalue weighted by atomic mass is 16.5. The Morgan fingerprint density at radius 3 is 2.44 bits per heavy atom. The van der Waals surface area contributed by atoms with Crippen molar-refractivity contribution in [2.24, 2.45) is 0 Å². The second-order valence-electron chi connectivity index (χ2n) is 3.99. The Bertz CT molecular complexity index is 388. The number of ether oxygens (including phenoxy) is 1. The van der Waals surface area contributed by atoms with Gasteiger partial charge in [-0.05, 0) is 17.7 Å². The average Bonchev–Trinajstić information content (AvgIpc) is 2.57. The number of benzene rings is 1. The third-order valence-corrected chi connectivity index (χ3v) is 3.05. The molecule has 1 aromatic rings. The van der Waals surface area contributed by atoms with Crippen LogP contribution in [0.1, 0.15) is 18.0 Å². The van der Waals surface area contributed by atoms with Crippen LogP contribution in [0.4, 0.5) is 0 Å². The number of rotatable bonds is 2. The van der Waals surface area contributed by atoms with Crippen molar-refractivity contribution in [3.05, 3.63) is 29.8 Å². The third-order valence-electron chi connectivity index (χ3n) is 3.05. The summed E-state index contributed by atoms with van der Waals surface area (Å²) in [6.07, 6.45) is -0.404. The van der Waals surface area contributed by atoms with Crippen LogP contribution >= 0.6 is 0 Å². The number of likely N-dealkylation sites (N-methyl/N-ethyl adjacent to an activating group) is 1. The Kier molecular flexibility index (Phi) is 2.83. The molecule has 86 valence electrons. The molecule has 1 amide bonds. The topological polar surface area (TPSA) is 49.8 Å². The molecule has 1 aliphatic heterocycles. The summed E-state index contributed by atoms with van der Waals surface area (Å²) >= 11 is 0. The van der Waals surface area contributed by atoms with E-state index in [1.165, 1.54) is 0 Å². The Hall–Kier alpha value is -1.55. The first-order valence-corrected chi connectivity index (χ1v) is 5.22. The molecule has 1 fully saturated rings. The maximum atomic E-state index is 11.5. The SMILES string of the molecule is COc1ccc(C2CC(O)C(=O)N2C)cc1. The Morgan fingerprint density at radius 2 is 2.00 bits per heavy atom. The highest BCUT2D eigenvalue weighted by Gasteiger charge is 2.36. The van der Waals surface area contributed by atoms with Crippen LogP contribution in [-0.2, 0) is 4.79 Å². The van der Waals surface area contributed by atoms with E-state index in [1.54, 1.807) is 19.1 Å². The number of amides is 1. The summed E-state index contributed by atoms with van der Waals surface area (Å²) < 4.78 is 5.07. The Labute approximate surface area is 94.4 Å². The summed E-state index contributed by atoms with van der Waals surface area (Å²) in [7, 11) is 3.33. The molecule has 0 aliphatic carbocycles. The zero-order chi connectivity index (χ0) is 11.7. The van der Waals surface area contributed by atoms with Crippen LogP contribution in [0.25, 0.3) is 0 Å². The van der Waals surface area contributed by atoms with E-state index < -0.39 is 6.10 Å². The number of methoxy groups -OCH3 is 1. The van der Waals surface area contributed by atoms with Gasteiger partial charge in [-0.15, -0.1) is 0 Å². The summed E-state index contributed by atoms with van der Waals surface area (Å²) in [5.41, 5.74) is 1.02. The molecular formula is C12H15NO3. The largest absolute Gasteiger partial charge is 0.497 e. The van der Waals surface area contributed by atoms with Gasteiger partial charge in [0.1, 0.15) is 11.9 Å².